The Bertz CT molecular complexity index is 467. The van der Waals surface area contributed by atoms with Crippen molar-refractivity contribution in [3.63, 3.8) is 0 Å². The molecule has 1 aliphatic rings. The zero-order chi connectivity index (χ0) is 13.8. The van der Waals surface area contributed by atoms with E-state index in [0.717, 1.165) is 0 Å². The van der Waals surface area contributed by atoms with Crippen molar-refractivity contribution in [3.05, 3.63) is 35.4 Å². The van der Waals surface area contributed by atoms with Crippen LogP contribution < -0.4 is 0 Å². The second-order valence-electron chi connectivity index (χ2n) is 3.32. The summed E-state index contributed by atoms with van der Waals surface area (Å²) in [6, 6.07) is 8.36. The Morgan fingerprint density at radius 1 is 1.17 bits per heavy atom. The molecule has 102 valence electrons. The number of hydrogen-bond donors (Lipinski definition) is 2. The minimum Gasteiger partial charge on any atom is -0.302 e. The van der Waals surface area contributed by atoms with E-state index in [0.29, 0.717) is 0 Å². The summed E-state index contributed by atoms with van der Waals surface area (Å²) in [5.74, 6) is 0. The smallest absolute Gasteiger partial charge is 0.302 e. The summed E-state index contributed by atoms with van der Waals surface area (Å²) in [5.41, 5.74) is 2.74. The predicted molar refractivity (Wildman–Crippen MR) is 59.9 cm³/mol. The lowest BCUT2D eigenvalue weighted by molar-refractivity contribution is -0.496. The standard InChI is InChI=1S/C8H10.H2O8P2/c1-7-5-3-4-6-8(7)2;1-9(2,3)8-10(4)6-5-7-10/h3-6H,1-2H3;(H2,1,2,3). The van der Waals surface area contributed by atoms with Gasteiger partial charge in [0.05, 0.1) is 0 Å². The molecule has 0 aliphatic carbocycles. The van der Waals surface area contributed by atoms with Crippen molar-refractivity contribution in [3.8, 4) is 0 Å². The van der Waals surface area contributed by atoms with Gasteiger partial charge in [-0.15, -0.1) is 0 Å². The van der Waals surface area contributed by atoms with Gasteiger partial charge in [0, 0.05) is 0 Å². The summed E-state index contributed by atoms with van der Waals surface area (Å²) in [6.45, 7) is 4.24. The largest absolute Gasteiger partial charge is 0.542 e. The molecule has 0 aromatic heterocycles. The highest BCUT2D eigenvalue weighted by Crippen LogP contribution is 2.66. The first-order chi connectivity index (χ1) is 8.22. The van der Waals surface area contributed by atoms with Gasteiger partial charge in [0.1, 0.15) is 0 Å². The van der Waals surface area contributed by atoms with Gasteiger partial charge in [-0.3, -0.25) is 0 Å². The van der Waals surface area contributed by atoms with Crippen molar-refractivity contribution >= 4 is 15.6 Å². The molecular weight excluding hydrogens is 286 g/mol. The molecule has 10 heteroatoms. The van der Waals surface area contributed by atoms with E-state index in [4.69, 9.17) is 9.79 Å². The monoisotopic (exact) mass is 298 g/mol. The molecule has 0 spiro atoms. The van der Waals surface area contributed by atoms with E-state index >= 15 is 0 Å². The molecule has 0 unspecified atom stereocenters. The predicted octanol–water partition coefficient (Wildman–Crippen LogP) is 2.40. The maximum atomic E-state index is 10.4. The number of hydrogen-bond acceptors (Lipinski definition) is 6. The first-order valence-corrected chi connectivity index (χ1v) is 7.65. The summed E-state index contributed by atoms with van der Waals surface area (Å²) in [6.07, 6.45) is 0. The van der Waals surface area contributed by atoms with Gasteiger partial charge >= 0.3 is 15.6 Å². The Hall–Kier alpha value is -0.560. The lowest BCUT2D eigenvalue weighted by atomic mass is 10.1. The van der Waals surface area contributed by atoms with E-state index in [-0.39, 0.29) is 0 Å². The number of aryl methyl sites for hydroxylation is 2. The van der Waals surface area contributed by atoms with Crippen LogP contribution in [-0.2, 0) is 27.8 Å². The number of rotatable bonds is 2. The molecule has 0 bridgehead atoms. The molecule has 1 fully saturated rings. The molecule has 1 saturated heterocycles. The molecule has 2 rings (SSSR count). The molecule has 18 heavy (non-hydrogen) atoms. The zero-order valence-corrected chi connectivity index (χ0v) is 11.3. The quantitative estimate of drug-likeness (QED) is 0.632. The van der Waals surface area contributed by atoms with Crippen LogP contribution in [0.25, 0.3) is 0 Å². The van der Waals surface area contributed by atoms with Gasteiger partial charge in [-0.2, -0.15) is 4.31 Å². The summed E-state index contributed by atoms with van der Waals surface area (Å²) in [7, 11) is -8.95. The minimum absolute atomic E-state index is 1.37. The Labute approximate surface area is 103 Å². The van der Waals surface area contributed by atoms with Crippen LogP contribution in [0.1, 0.15) is 11.1 Å². The molecule has 1 aromatic rings. The van der Waals surface area contributed by atoms with Crippen LogP contribution in [0.3, 0.4) is 0 Å². The van der Waals surface area contributed by atoms with Gasteiger partial charge in [0.25, 0.3) is 0 Å². The normalized spacial score (nSPS) is 17.3. The third kappa shape index (κ3) is 5.39. The molecule has 2 N–H and O–H groups in total. The van der Waals surface area contributed by atoms with E-state index in [1.807, 2.05) is 0 Å². The first kappa shape index (κ1) is 15.5. The Morgan fingerprint density at radius 3 is 1.78 bits per heavy atom. The average molecular weight is 298 g/mol. The van der Waals surface area contributed by atoms with Crippen molar-refractivity contribution in [1.29, 1.82) is 0 Å². The molecule has 1 aliphatic heterocycles. The van der Waals surface area contributed by atoms with Gasteiger partial charge in [-0.25, -0.2) is 9.13 Å². The van der Waals surface area contributed by atoms with E-state index < -0.39 is 15.6 Å². The van der Waals surface area contributed by atoms with Crippen LogP contribution in [0.2, 0.25) is 0 Å². The van der Waals surface area contributed by atoms with Crippen molar-refractivity contribution in [2.24, 2.45) is 0 Å². The summed E-state index contributed by atoms with van der Waals surface area (Å²) in [5, 5.41) is 3.45. The van der Waals surface area contributed by atoms with Crippen molar-refractivity contribution < 1.29 is 37.6 Å². The lowest BCUT2D eigenvalue weighted by Crippen LogP contribution is -2.08. The van der Waals surface area contributed by atoms with Crippen molar-refractivity contribution in [2.75, 3.05) is 0 Å². The molecule has 0 atom stereocenters. The number of phosphoric acid groups is 2. The molecule has 0 amide bonds. The van der Waals surface area contributed by atoms with Crippen LogP contribution in [0.5, 0.6) is 0 Å². The number of benzene rings is 1. The Kier molecular flexibility index (Phi) is 5.21. The minimum atomic E-state index is -4.85. The van der Waals surface area contributed by atoms with E-state index in [9.17, 15) is 9.13 Å². The molecule has 1 heterocycles. The van der Waals surface area contributed by atoms with E-state index in [1.54, 1.807) is 0 Å². The third-order valence-corrected chi connectivity index (χ3v) is 4.01. The zero-order valence-electron chi connectivity index (χ0n) is 9.55. The fourth-order valence-corrected chi connectivity index (χ4v) is 2.32. The van der Waals surface area contributed by atoms with Crippen LogP contribution >= 0.6 is 15.6 Å². The second kappa shape index (κ2) is 6.06. The molecule has 8 nitrogen and oxygen atoms in total. The van der Waals surface area contributed by atoms with E-state index in [1.165, 1.54) is 11.1 Å². The fourth-order valence-electron chi connectivity index (χ4n) is 0.900. The summed E-state index contributed by atoms with van der Waals surface area (Å²) >= 11 is 0. The third-order valence-electron chi connectivity index (χ3n) is 1.88. The van der Waals surface area contributed by atoms with Crippen LogP contribution in [0.15, 0.2) is 24.3 Å². The van der Waals surface area contributed by atoms with Crippen molar-refractivity contribution in [2.45, 2.75) is 13.8 Å². The molecular formula is C8H12O8P2. The van der Waals surface area contributed by atoms with Crippen LogP contribution in [0, 0.1) is 13.8 Å². The van der Waals surface area contributed by atoms with Crippen LogP contribution in [0.4, 0.5) is 0 Å². The molecule has 1 aromatic carbocycles. The van der Waals surface area contributed by atoms with Gasteiger partial charge in [-0.05, 0) is 30.0 Å². The highest BCUT2D eigenvalue weighted by molar-refractivity contribution is 7.61. The summed E-state index contributed by atoms with van der Waals surface area (Å²) < 4.78 is 31.1. The SMILES string of the molecule is Cc1ccccc1C.O=P(O)(O)OP1(=O)OOO1. The maximum Gasteiger partial charge on any atom is 0.542 e. The van der Waals surface area contributed by atoms with Crippen molar-refractivity contribution in [1.82, 2.24) is 0 Å². The van der Waals surface area contributed by atoms with Crippen LogP contribution in [-0.4, -0.2) is 9.79 Å². The van der Waals surface area contributed by atoms with Gasteiger partial charge < -0.3 is 9.79 Å². The second-order valence-corrected chi connectivity index (χ2v) is 6.15. The first-order valence-electron chi connectivity index (χ1n) is 4.66. The Morgan fingerprint density at radius 2 is 1.61 bits per heavy atom. The topological polar surface area (TPSA) is 112 Å². The van der Waals surface area contributed by atoms with E-state index in [2.05, 4.69) is 56.8 Å². The molecule has 0 radical (unpaired) electrons. The van der Waals surface area contributed by atoms with Gasteiger partial charge in [0.15, 0.2) is 0 Å². The average Bonchev–Trinajstić information content (AvgIpc) is 2.19. The lowest BCUT2D eigenvalue weighted by Gasteiger charge is -2.19. The van der Waals surface area contributed by atoms with Gasteiger partial charge in [-0.1, -0.05) is 33.6 Å². The van der Waals surface area contributed by atoms with Gasteiger partial charge in [0.2, 0.25) is 0 Å². The molecule has 0 saturated carbocycles. The highest BCUT2D eigenvalue weighted by atomic mass is 31.3. The summed E-state index contributed by atoms with van der Waals surface area (Å²) in [4.78, 5) is 16.0. The Balaban J connectivity index is 0.000000184. The maximum absolute atomic E-state index is 10.4. The highest BCUT2D eigenvalue weighted by Gasteiger charge is 2.46. The fraction of sp³-hybridized carbons (Fsp3) is 0.250.